The summed E-state index contributed by atoms with van der Waals surface area (Å²) in [6, 6.07) is 25.6. The van der Waals surface area contributed by atoms with Gasteiger partial charge in [0.2, 0.25) is 5.91 Å². The van der Waals surface area contributed by atoms with Gasteiger partial charge in [0.05, 0.1) is 6.04 Å². The predicted molar refractivity (Wildman–Crippen MR) is 142 cm³/mol. The number of rotatable bonds is 13. The fraction of sp³-hybridized carbons (Fsp3) is 0.267. The van der Waals surface area contributed by atoms with E-state index in [4.69, 9.17) is 9.47 Å². The number of aryl methyl sites for hydroxylation is 1. The van der Waals surface area contributed by atoms with E-state index in [1.165, 1.54) is 0 Å². The van der Waals surface area contributed by atoms with Crippen molar-refractivity contribution < 1.29 is 33.8 Å². The maximum atomic E-state index is 13.5. The summed E-state index contributed by atoms with van der Waals surface area (Å²) in [5.41, 5.74) is 2.55. The van der Waals surface area contributed by atoms with E-state index in [-0.39, 0.29) is 19.4 Å². The fourth-order valence-electron chi connectivity index (χ4n) is 4.19. The summed E-state index contributed by atoms with van der Waals surface area (Å²) in [6.45, 7) is 0.0279. The van der Waals surface area contributed by atoms with Gasteiger partial charge in [0.25, 0.3) is 0 Å². The minimum Gasteiger partial charge on any atom is -0.479 e. The predicted octanol–water partition coefficient (Wildman–Crippen LogP) is 3.06. The summed E-state index contributed by atoms with van der Waals surface area (Å²) in [7, 11) is 0. The molecule has 0 saturated carbocycles. The van der Waals surface area contributed by atoms with Gasteiger partial charge in [-0.1, -0.05) is 91.0 Å². The van der Waals surface area contributed by atoms with Crippen molar-refractivity contribution in [1.82, 2.24) is 10.6 Å². The number of nitrogens with one attached hydrogen (secondary N) is 2. The standard InChI is InChI=1S/C30H30N2O7/c33-25(26-27(39-26)29(35)36)23(17-16-20-10-4-1-5-11-20)31-28(34)24(18-21-12-6-2-7-13-21)32-30(37)38-19-22-14-8-3-9-15-22/h1-15,23-24,26-27H,16-19H2,(H,31,34)(H,32,37)(H,35,36)/t23-,24-,26+,27?/m0/s1. The fourth-order valence-corrected chi connectivity index (χ4v) is 4.19. The van der Waals surface area contributed by atoms with Gasteiger partial charge in [-0.25, -0.2) is 9.59 Å². The van der Waals surface area contributed by atoms with Gasteiger partial charge in [0.1, 0.15) is 12.6 Å². The molecule has 1 saturated heterocycles. The minimum absolute atomic E-state index is 0.0279. The number of ether oxygens (including phenoxy) is 2. The number of benzene rings is 3. The average molecular weight is 531 g/mol. The summed E-state index contributed by atoms with van der Waals surface area (Å²) >= 11 is 0. The molecule has 2 amide bonds. The number of Topliss-reactive ketones (excluding diaryl/α,β-unsaturated/α-hetero) is 1. The lowest BCUT2D eigenvalue weighted by molar-refractivity contribution is -0.138. The van der Waals surface area contributed by atoms with Crippen molar-refractivity contribution in [2.75, 3.05) is 0 Å². The molecular weight excluding hydrogens is 500 g/mol. The van der Waals surface area contributed by atoms with Crippen LogP contribution in [-0.2, 0) is 43.3 Å². The Hall–Kier alpha value is -4.50. The van der Waals surface area contributed by atoms with Crippen LogP contribution >= 0.6 is 0 Å². The Labute approximate surface area is 226 Å². The van der Waals surface area contributed by atoms with Crippen molar-refractivity contribution in [2.45, 2.75) is 50.2 Å². The molecule has 3 aromatic carbocycles. The molecule has 4 rings (SSSR count). The van der Waals surface area contributed by atoms with E-state index in [2.05, 4.69) is 10.6 Å². The van der Waals surface area contributed by atoms with E-state index < -0.39 is 48.0 Å². The van der Waals surface area contributed by atoms with Crippen molar-refractivity contribution in [3.63, 3.8) is 0 Å². The molecule has 0 aliphatic carbocycles. The van der Waals surface area contributed by atoms with Crippen LogP contribution in [0, 0.1) is 0 Å². The molecule has 9 nitrogen and oxygen atoms in total. The molecule has 1 aliphatic rings. The first-order valence-corrected chi connectivity index (χ1v) is 12.7. The molecule has 1 aliphatic heterocycles. The van der Waals surface area contributed by atoms with Crippen LogP contribution in [0.2, 0.25) is 0 Å². The van der Waals surface area contributed by atoms with Crippen molar-refractivity contribution >= 4 is 23.8 Å². The van der Waals surface area contributed by atoms with E-state index in [0.29, 0.717) is 6.42 Å². The molecule has 1 heterocycles. The number of amides is 2. The highest BCUT2D eigenvalue weighted by Crippen LogP contribution is 2.25. The average Bonchev–Trinajstić information content (AvgIpc) is 3.77. The first kappa shape index (κ1) is 27.5. The topological polar surface area (TPSA) is 134 Å². The molecule has 1 unspecified atom stereocenters. The van der Waals surface area contributed by atoms with Gasteiger partial charge < -0.3 is 25.2 Å². The van der Waals surface area contributed by atoms with Gasteiger partial charge in [-0.15, -0.1) is 0 Å². The Kier molecular flexibility index (Phi) is 9.42. The molecule has 202 valence electrons. The van der Waals surface area contributed by atoms with Gasteiger partial charge in [-0.3, -0.25) is 9.59 Å². The molecule has 0 aromatic heterocycles. The van der Waals surface area contributed by atoms with Gasteiger partial charge >= 0.3 is 12.1 Å². The van der Waals surface area contributed by atoms with Gasteiger partial charge in [0.15, 0.2) is 18.0 Å². The van der Waals surface area contributed by atoms with Crippen LogP contribution in [0.3, 0.4) is 0 Å². The largest absolute Gasteiger partial charge is 0.479 e. The molecule has 9 heteroatoms. The summed E-state index contributed by atoms with van der Waals surface area (Å²) in [4.78, 5) is 50.5. The van der Waals surface area contributed by atoms with E-state index >= 15 is 0 Å². The first-order chi connectivity index (χ1) is 18.9. The number of aliphatic carboxylic acids is 1. The Morgan fingerprint density at radius 3 is 1.87 bits per heavy atom. The molecule has 39 heavy (non-hydrogen) atoms. The number of hydrogen-bond acceptors (Lipinski definition) is 6. The smallest absolute Gasteiger partial charge is 0.408 e. The SMILES string of the molecule is O=C(N[C@@H](Cc1ccccc1)C(=O)N[C@@H](CCc1ccccc1)C(=O)[C@H]1OC1C(=O)O)OCc1ccccc1. The van der Waals surface area contributed by atoms with Crippen LogP contribution in [0.25, 0.3) is 0 Å². The third-order valence-electron chi connectivity index (χ3n) is 6.34. The lowest BCUT2D eigenvalue weighted by Gasteiger charge is -2.23. The zero-order valence-electron chi connectivity index (χ0n) is 21.2. The van der Waals surface area contributed by atoms with Crippen LogP contribution in [0.15, 0.2) is 91.0 Å². The van der Waals surface area contributed by atoms with E-state index in [1.54, 1.807) is 0 Å². The second-order valence-corrected chi connectivity index (χ2v) is 9.25. The van der Waals surface area contributed by atoms with Crippen molar-refractivity contribution in [2.24, 2.45) is 0 Å². The normalized spacial score (nSPS) is 17.3. The van der Waals surface area contributed by atoms with Crippen molar-refractivity contribution in [3.05, 3.63) is 108 Å². The first-order valence-electron chi connectivity index (χ1n) is 12.7. The van der Waals surface area contributed by atoms with Gasteiger partial charge in [-0.2, -0.15) is 0 Å². The number of carbonyl (C=O) groups excluding carboxylic acids is 3. The van der Waals surface area contributed by atoms with Crippen LogP contribution < -0.4 is 10.6 Å². The highest BCUT2D eigenvalue weighted by atomic mass is 16.6. The Balaban J connectivity index is 1.46. The molecule has 3 N–H and O–H groups in total. The zero-order valence-corrected chi connectivity index (χ0v) is 21.2. The highest BCUT2D eigenvalue weighted by Gasteiger charge is 2.52. The second kappa shape index (κ2) is 13.3. The lowest BCUT2D eigenvalue weighted by Crippen LogP contribution is -2.53. The zero-order chi connectivity index (χ0) is 27.6. The monoisotopic (exact) mass is 530 g/mol. The Morgan fingerprint density at radius 1 is 0.744 bits per heavy atom. The highest BCUT2D eigenvalue weighted by molar-refractivity contribution is 5.99. The van der Waals surface area contributed by atoms with Crippen molar-refractivity contribution in [1.29, 1.82) is 0 Å². The van der Waals surface area contributed by atoms with E-state index in [0.717, 1.165) is 16.7 Å². The van der Waals surface area contributed by atoms with E-state index in [1.807, 2.05) is 91.0 Å². The number of ketones is 1. The minimum atomic E-state index is -1.23. The molecule has 3 aromatic rings. The molecule has 4 atom stereocenters. The van der Waals surface area contributed by atoms with Crippen LogP contribution in [-0.4, -0.2) is 53.2 Å². The molecule has 1 fully saturated rings. The Morgan fingerprint density at radius 2 is 1.31 bits per heavy atom. The summed E-state index contributed by atoms with van der Waals surface area (Å²) in [6.07, 6.45) is -2.27. The number of hydrogen-bond donors (Lipinski definition) is 3. The molecular formula is C30H30N2O7. The van der Waals surface area contributed by atoms with Crippen molar-refractivity contribution in [3.8, 4) is 0 Å². The number of carboxylic acids is 1. The molecule has 0 bridgehead atoms. The third-order valence-corrected chi connectivity index (χ3v) is 6.34. The maximum Gasteiger partial charge on any atom is 0.408 e. The summed E-state index contributed by atoms with van der Waals surface area (Å²) < 4.78 is 10.4. The van der Waals surface area contributed by atoms with Crippen LogP contribution in [0.4, 0.5) is 4.79 Å². The lowest BCUT2D eigenvalue weighted by atomic mass is 9.98. The quantitative estimate of drug-likeness (QED) is 0.289. The molecule has 0 radical (unpaired) electrons. The van der Waals surface area contributed by atoms with Gasteiger partial charge in [-0.05, 0) is 29.5 Å². The van der Waals surface area contributed by atoms with Gasteiger partial charge in [0, 0.05) is 6.42 Å². The number of alkyl carbamates (subject to hydrolysis) is 1. The Bertz CT molecular complexity index is 1270. The number of epoxide rings is 1. The summed E-state index contributed by atoms with van der Waals surface area (Å²) in [5.74, 6) is -2.34. The maximum absolute atomic E-state index is 13.5. The van der Waals surface area contributed by atoms with Crippen LogP contribution in [0.5, 0.6) is 0 Å². The number of carboxylic acid groups (broad SMARTS) is 1. The van der Waals surface area contributed by atoms with E-state index in [9.17, 15) is 24.3 Å². The second-order valence-electron chi connectivity index (χ2n) is 9.25. The number of carbonyl (C=O) groups is 4. The van der Waals surface area contributed by atoms with Crippen LogP contribution in [0.1, 0.15) is 23.1 Å². The summed E-state index contributed by atoms with van der Waals surface area (Å²) in [5, 5.41) is 14.6. The molecule has 0 spiro atoms. The third kappa shape index (κ3) is 8.24.